The summed E-state index contributed by atoms with van der Waals surface area (Å²) in [6, 6.07) is 19.3. The highest BCUT2D eigenvalue weighted by Gasteiger charge is 2.29. The Morgan fingerprint density at radius 2 is 1.63 bits per heavy atom. The van der Waals surface area contributed by atoms with Gasteiger partial charge in [-0.05, 0) is 43.7 Å². The Morgan fingerprint density at radius 3 is 2.34 bits per heavy atom. The van der Waals surface area contributed by atoms with Crippen LogP contribution in [0.5, 0.6) is 0 Å². The molecule has 1 unspecified atom stereocenters. The number of hydrogen-bond donors (Lipinski definition) is 1. The van der Waals surface area contributed by atoms with Crippen LogP contribution in [0.25, 0.3) is 11.1 Å². The number of aryl methyl sites for hydroxylation is 1. The normalized spacial score (nSPS) is 19.5. The van der Waals surface area contributed by atoms with Crippen LogP contribution in [-0.2, 0) is 11.3 Å². The van der Waals surface area contributed by atoms with Crippen LogP contribution in [0.3, 0.4) is 0 Å². The van der Waals surface area contributed by atoms with E-state index in [-0.39, 0.29) is 17.9 Å². The molecule has 5 rings (SSSR count). The van der Waals surface area contributed by atoms with Gasteiger partial charge in [-0.2, -0.15) is 0 Å². The van der Waals surface area contributed by atoms with E-state index in [4.69, 9.17) is 0 Å². The van der Waals surface area contributed by atoms with Crippen molar-refractivity contribution in [2.45, 2.75) is 45.2 Å². The zero-order valence-corrected chi connectivity index (χ0v) is 20.6. The summed E-state index contributed by atoms with van der Waals surface area (Å²) in [6.07, 6.45) is 7.71. The molecular formula is C29H35N5O. The number of carbonyl (C=O) groups is 1. The lowest BCUT2D eigenvalue weighted by molar-refractivity contribution is -0.126. The molecule has 0 bridgehead atoms. The molecule has 1 amide bonds. The minimum Gasteiger partial charge on any atom is -0.353 e. The van der Waals surface area contributed by atoms with Gasteiger partial charge in [0.2, 0.25) is 11.9 Å². The van der Waals surface area contributed by atoms with Gasteiger partial charge in [-0.1, -0.05) is 60.2 Å². The topological polar surface area (TPSA) is 61.4 Å². The largest absolute Gasteiger partial charge is 0.353 e. The highest BCUT2D eigenvalue weighted by molar-refractivity contribution is 5.79. The number of hydrogen-bond acceptors (Lipinski definition) is 5. The van der Waals surface area contributed by atoms with Gasteiger partial charge in [0.1, 0.15) is 0 Å². The number of amides is 1. The van der Waals surface area contributed by atoms with Gasteiger partial charge in [-0.25, -0.2) is 9.97 Å². The van der Waals surface area contributed by atoms with Crippen LogP contribution in [0.2, 0.25) is 0 Å². The zero-order valence-electron chi connectivity index (χ0n) is 20.6. The number of rotatable bonds is 6. The maximum atomic E-state index is 13.1. The third kappa shape index (κ3) is 6.06. The van der Waals surface area contributed by atoms with Crippen molar-refractivity contribution in [1.29, 1.82) is 0 Å². The Kier molecular flexibility index (Phi) is 7.38. The molecule has 2 aliphatic heterocycles. The summed E-state index contributed by atoms with van der Waals surface area (Å²) in [5.41, 5.74) is 4.72. The summed E-state index contributed by atoms with van der Waals surface area (Å²) in [6.45, 7) is 6.70. The molecular weight excluding hydrogens is 434 g/mol. The third-order valence-corrected chi connectivity index (χ3v) is 7.28. The second-order valence-electron chi connectivity index (χ2n) is 9.97. The second kappa shape index (κ2) is 11.0. The zero-order chi connectivity index (χ0) is 24.0. The van der Waals surface area contributed by atoms with Crippen LogP contribution in [0.15, 0.2) is 67.0 Å². The van der Waals surface area contributed by atoms with Crippen molar-refractivity contribution >= 4 is 11.9 Å². The van der Waals surface area contributed by atoms with Crippen LogP contribution in [0.4, 0.5) is 5.95 Å². The number of aromatic nitrogens is 2. The molecule has 2 aromatic carbocycles. The number of nitrogens with zero attached hydrogens (tertiary/aromatic N) is 4. The van der Waals surface area contributed by atoms with Gasteiger partial charge in [0.05, 0.1) is 5.92 Å². The molecule has 3 aromatic rings. The van der Waals surface area contributed by atoms with Crippen molar-refractivity contribution in [2.24, 2.45) is 5.92 Å². The summed E-state index contributed by atoms with van der Waals surface area (Å²) in [7, 11) is 0. The first kappa shape index (κ1) is 23.5. The molecule has 35 heavy (non-hydrogen) atoms. The number of likely N-dealkylation sites (tertiary alicyclic amines) is 1. The van der Waals surface area contributed by atoms with E-state index in [0.29, 0.717) is 12.5 Å². The molecule has 0 radical (unpaired) electrons. The van der Waals surface area contributed by atoms with E-state index in [0.717, 1.165) is 63.0 Å². The third-order valence-electron chi connectivity index (χ3n) is 7.28. The lowest BCUT2D eigenvalue weighted by atomic mass is 9.96. The van der Waals surface area contributed by atoms with Crippen molar-refractivity contribution in [1.82, 2.24) is 20.2 Å². The van der Waals surface area contributed by atoms with Crippen molar-refractivity contribution < 1.29 is 4.79 Å². The minimum absolute atomic E-state index is 0.00789. The van der Waals surface area contributed by atoms with E-state index in [1.165, 1.54) is 11.1 Å². The summed E-state index contributed by atoms with van der Waals surface area (Å²) < 4.78 is 0. The van der Waals surface area contributed by atoms with E-state index in [1.54, 1.807) is 0 Å². The highest BCUT2D eigenvalue weighted by Crippen LogP contribution is 2.24. The van der Waals surface area contributed by atoms with E-state index >= 15 is 0 Å². The quantitative estimate of drug-likeness (QED) is 0.578. The van der Waals surface area contributed by atoms with Crippen molar-refractivity contribution in [2.75, 3.05) is 31.1 Å². The molecule has 1 N–H and O–H groups in total. The molecule has 0 spiro atoms. The molecule has 1 atom stereocenters. The molecule has 2 saturated heterocycles. The number of piperidine rings is 2. The van der Waals surface area contributed by atoms with Crippen LogP contribution in [-0.4, -0.2) is 53.0 Å². The first-order valence-electron chi connectivity index (χ1n) is 12.8. The Balaban J connectivity index is 1.11. The molecule has 2 fully saturated rings. The maximum Gasteiger partial charge on any atom is 0.225 e. The molecule has 0 saturated carbocycles. The molecule has 182 valence electrons. The monoisotopic (exact) mass is 469 g/mol. The fraction of sp³-hybridized carbons (Fsp3) is 0.414. The Labute approximate surface area is 208 Å². The van der Waals surface area contributed by atoms with Crippen molar-refractivity contribution in [3.05, 3.63) is 78.1 Å². The predicted octanol–water partition coefficient (Wildman–Crippen LogP) is 4.45. The van der Waals surface area contributed by atoms with E-state index < -0.39 is 0 Å². The van der Waals surface area contributed by atoms with E-state index in [2.05, 4.69) is 86.6 Å². The van der Waals surface area contributed by atoms with Crippen LogP contribution in [0.1, 0.15) is 36.8 Å². The van der Waals surface area contributed by atoms with Crippen LogP contribution < -0.4 is 10.2 Å². The molecule has 0 aliphatic carbocycles. The van der Waals surface area contributed by atoms with E-state index in [1.807, 2.05) is 12.4 Å². The van der Waals surface area contributed by atoms with Gasteiger partial charge >= 0.3 is 0 Å². The second-order valence-corrected chi connectivity index (χ2v) is 9.97. The van der Waals surface area contributed by atoms with Crippen molar-refractivity contribution in [3.8, 4) is 11.1 Å². The number of benzene rings is 2. The summed E-state index contributed by atoms with van der Waals surface area (Å²) >= 11 is 0. The molecule has 1 aromatic heterocycles. The van der Waals surface area contributed by atoms with Gasteiger partial charge in [0.25, 0.3) is 0 Å². The Hall–Kier alpha value is -3.25. The summed E-state index contributed by atoms with van der Waals surface area (Å²) in [5, 5.41) is 3.35. The molecule has 6 heteroatoms. The minimum atomic E-state index is -0.00789. The lowest BCUT2D eigenvalue weighted by Crippen LogP contribution is -2.49. The SMILES string of the molecule is Cc1ccc(-c2cnc(N3CCCC(C(=O)NC4CCN(Cc5ccccc5)CC4)C3)nc2)cc1. The fourth-order valence-corrected chi connectivity index (χ4v) is 5.15. The first-order valence-corrected chi connectivity index (χ1v) is 12.8. The number of nitrogens with one attached hydrogen (secondary N) is 1. The lowest BCUT2D eigenvalue weighted by Gasteiger charge is -2.35. The molecule has 3 heterocycles. The smallest absolute Gasteiger partial charge is 0.225 e. The fourth-order valence-electron chi connectivity index (χ4n) is 5.15. The van der Waals surface area contributed by atoms with Crippen LogP contribution >= 0.6 is 0 Å². The first-order chi connectivity index (χ1) is 17.1. The molecule has 6 nitrogen and oxygen atoms in total. The van der Waals surface area contributed by atoms with Gasteiger partial charge in [0.15, 0.2) is 0 Å². The molecule has 2 aliphatic rings. The van der Waals surface area contributed by atoms with Gasteiger partial charge in [-0.3, -0.25) is 9.69 Å². The van der Waals surface area contributed by atoms with Gasteiger partial charge in [-0.15, -0.1) is 0 Å². The standard InChI is InChI=1S/C29H35N5O/c1-22-9-11-24(12-10-22)26-18-30-29(31-19-26)34-15-5-8-25(21-34)28(35)32-27-13-16-33(17-14-27)20-23-6-3-2-4-7-23/h2-4,6-7,9-12,18-19,25,27H,5,8,13-17,20-21H2,1H3,(H,32,35). The van der Waals surface area contributed by atoms with Crippen molar-refractivity contribution in [3.63, 3.8) is 0 Å². The summed E-state index contributed by atoms with van der Waals surface area (Å²) in [5.74, 6) is 0.895. The average molecular weight is 470 g/mol. The Bertz CT molecular complexity index is 1090. The summed E-state index contributed by atoms with van der Waals surface area (Å²) in [4.78, 5) is 27.0. The number of anilines is 1. The van der Waals surface area contributed by atoms with Crippen LogP contribution in [0, 0.1) is 12.8 Å². The maximum absolute atomic E-state index is 13.1. The number of carbonyl (C=O) groups excluding carboxylic acids is 1. The van der Waals surface area contributed by atoms with Gasteiger partial charge in [0, 0.05) is 56.7 Å². The Morgan fingerprint density at radius 1 is 0.914 bits per heavy atom. The highest BCUT2D eigenvalue weighted by atomic mass is 16.2. The predicted molar refractivity (Wildman–Crippen MR) is 140 cm³/mol. The van der Waals surface area contributed by atoms with E-state index in [9.17, 15) is 4.79 Å². The average Bonchev–Trinajstić information content (AvgIpc) is 2.91. The van der Waals surface area contributed by atoms with Gasteiger partial charge < -0.3 is 10.2 Å².